The van der Waals surface area contributed by atoms with E-state index in [1.807, 2.05) is 0 Å². The van der Waals surface area contributed by atoms with Crippen LogP contribution in [0, 0.1) is 0 Å². The van der Waals surface area contributed by atoms with E-state index in [2.05, 4.69) is 66.7 Å². The fourth-order valence-corrected chi connectivity index (χ4v) is 2.46. The Hall–Kier alpha value is -1.82. The van der Waals surface area contributed by atoms with Crippen molar-refractivity contribution in [2.45, 2.75) is 18.8 Å². The monoisotopic (exact) mass is 220 g/mol. The van der Waals surface area contributed by atoms with Crippen LogP contribution in [0.4, 0.5) is 0 Å². The highest BCUT2D eigenvalue weighted by molar-refractivity contribution is 5.63. The highest BCUT2D eigenvalue weighted by Gasteiger charge is 2.11. The van der Waals surface area contributed by atoms with Crippen LogP contribution in [-0.2, 0) is 0 Å². The van der Waals surface area contributed by atoms with Crippen LogP contribution in [0.15, 0.2) is 66.7 Å². The number of rotatable bonds is 2. The normalized spacial score (nSPS) is 18.5. The molecule has 0 aliphatic heterocycles. The van der Waals surface area contributed by atoms with E-state index in [0.29, 0.717) is 5.92 Å². The molecule has 0 bridgehead atoms. The topological polar surface area (TPSA) is 0 Å². The van der Waals surface area contributed by atoms with Gasteiger partial charge in [0, 0.05) is 5.92 Å². The van der Waals surface area contributed by atoms with E-state index in [-0.39, 0.29) is 0 Å². The molecule has 0 saturated carbocycles. The van der Waals surface area contributed by atoms with Crippen LogP contribution in [0.25, 0.3) is 11.1 Å². The molecule has 0 saturated heterocycles. The van der Waals surface area contributed by atoms with Crippen LogP contribution in [0.3, 0.4) is 0 Å². The van der Waals surface area contributed by atoms with E-state index in [1.54, 1.807) is 0 Å². The third-order valence-corrected chi connectivity index (χ3v) is 3.46. The Bertz CT molecular complexity index is 505. The molecule has 0 heterocycles. The molecule has 0 nitrogen and oxygen atoms in total. The van der Waals surface area contributed by atoms with Crippen LogP contribution in [0.1, 0.15) is 24.3 Å². The standard InChI is InChI=1S/C17H16/c1-2-6-14(7-3-1)16-10-12-17(13-11-16)15-8-4-5-9-15/h1-4,6-8,10-13,15H,5,9H2. The Morgan fingerprint density at radius 1 is 0.765 bits per heavy atom. The number of hydrogen-bond acceptors (Lipinski definition) is 0. The molecule has 1 unspecified atom stereocenters. The van der Waals surface area contributed by atoms with Crippen LogP contribution in [-0.4, -0.2) is 0 Å². The summed E-state index contributed by atoms with van der Waals surface area (Å²) in [5.74, 6) is 0.639. The SMILES string of the molecule is C1=CC(c2ccc(-c3ccccc3)cc2)CC1. The first-order chi connectivity index (χ1) is 8.43. The Morgan fingerprint density at radius 2 is 1.47 bits per heavy atom. The smallest absolute Gasteiger partial charge is 0.00209 e. The third-order valence-electron chi connectivity index (χ3n) is 3.46. The molecule has 84 valence electrons. The van der Waals surface area contributed by atoms with E-state index in [0.717, 1.165) is 0 Å². The zero-order valence-corrected chi connectivity index (χ0v) is 9.84. The molecule has 1 aliphatic carbocycles. The van der Waals surface area contributed by atoms with Gasteiger partial charge in [0.15, 0.2) is 0 Å². The van der Waals surface area contributed by atoms with Crippen molar-refractivity contribution < 1.29 is 0 Å². The fourth-order valence-electron chi connectivity index (χ4n) is 2.46. The molecule has 0 aromatic heterocycles. The van der Waals surface area contributed by atoms with Gasteiger partial charge in [0.1, 0.15) is 0 Å². The van der Waals surface area contributed by atoms with Crippen molar-refractivity contribution in [2.24, 2.45) is 0 Å². The van der Waals surface area contributed by atoms with Gasteiger partial charge in [-0.1, -0.05) is 66.7 Å². The van der Waals surface area contributed by atoms with Crippen LogP contribution < -0.4 is 0 Å². The Morgan fingerprint density at radius 3 is 2.12 bits per heavy atom. The number of hydrogen-bond donors (Lipinski definition) is 0. The molecule has 3 rings (SSSR count). The van der Waals surface area contributed by atoms with Gasteiger partial charge >= 0.3 is 0 Å². The average Bonchev–Trinajstić information content (AvgIpc) is 2.94. The summed E-state index contributed by atoms with van der Waals surface area (Å²) in [5, 5.41) is 0. The molecule has 0 amide bonds. The Balaban J connectivity index is 1.87. The summed E-state index contributed by atoms with van der Waals surface area (Å²) in [6.07, 6.45) is 7.11. The minimum absolute atomic E-state index is 0.639. The average molecular weight is 220 g/mol. The van der Waals surface area contributed by atoms with Gasteiger partial charge in [0.25, 0.3) is 0 Å². The zero-order valence-electron chi connectivity index (χ0n) is 9.84. The first kappa shape index (κ1) is 10.3. The molecular formula is C17H16. The second kappa shape index (κ2) is 4.58. The second-order valence-corrected chi connectivity index (χ2v) is 4.60. The molecular weight excluding hydrogens is 204 g/mol. The third kappa shape index (κ3) is 2.16. The van der Waals surface area contributed by atoms with Crippen LogP contribution >= 0.6 is 0 Å². The molecule has 0 heteroatoms. The largest absolute Gasteiger partial charge is 0.0879 e. The molecule has 0 N–H and O–H groups in total. The van der Waals surface area contributed by atoms with Crippen molar-refractivity contribution in [1.82, 2.24) is 0 Å². The summed E-state index contributed by atoms with van der Waals surface area (Å²) in [7, 11) is 0. The van der Waals surface area contributed by atoms with E-state index in [1.165, 1.54) is 29.5 Å². The van der Waals surface area contributed by atoms with Crippen molar-refractivity contribution in [3.63, 3.8) is 0 Å². The molecule has 2 aromatic rings. The lowest BCUT2D eigenvalue weighted by Gasteiger charge is -2.09. The summed E-state index contributed by atoms with van der Waals surface area (Å²) in [5.41, 5.74) is 4.04. The lowest BCUT2D eigenvalue weighted by molar-refractivity contribution is 0.801. The van der Waals surface area contributed by atoms with E-state index >= 15 is 0 Å². The predicted octanol–water partition coefficient (Wildman–Crippen LogP) is 4.79. The number of benzene rings is 2. The van der Waals surface area contributed by atoms with Crippen molar-refractivity contribution in [3.8, 4) is 11.1 Å². The van der Waals surface area contributed by atoms with Gasteiger partial charge in [-0.15, -0.1) is 0 Å². The maximum Gasteiger partial charge on any atom is 0.00209 e. The van der Waals surface area contributed by atoms with Gasteiger partial charge in [-0.2, -0.15) is 0 Å². The Labute approximate surface area is 103 Å². The molecule has 1 aliphatic rings. The van der Waals surface area contributed by atoms with Gasteiger partial charge in [-0.25, -0.2) is 0 Å². The highest BCUT2D eigenvalue weighted by Crippen LogP contribution is 2.29. The van der Waals surface area contributed by atoms with Crippen molar-refractivity contribution in [1.29, 1.82) is 0 Å². The maximum absolute atomic E-state index is 2.33. The number of allylic oxidation sites excluding steroid dienone is 2. The van der Waals surface area contributed by atoms with E-state index < -0.39 is 0 Å². The van der Waals surface area contributed by atoms with Gasteiger partial charge < -0.3 is 0 Å². The van der Waals surface area contributed by atoms with Crippen molar-refractivity contribution >= 4 is 0 Å². The van der Waals surface area contributed by atoms with Crippen molar-refractivity contribution in [3.05, 3.63) is 72.3 Å². The predicted molar refractivity (Wildman–Crippen MR) is 73.0 cm³/mol. The van der Waals surface area contributed by atoms with Crippen LogP contribution in [0.2, 0.25) is 0 Å². The van der Waals surface area contributed by atoms with Gasteiger partial charge in [0.05, 0.1) is 0 Å². The lowest BCUT2D eigenvalue weighted by Crippen LogP contribution is -1.90. The summed E-state index contributed by atoms with van der Waals surface area (Å²) in [6.45, 7) is 0. The molecule has 2 aromatic carbocycles. The maximum atomic E-state index is 2.33. The molecule has 0 spiro atoms. The van der Waals surface area contributed by atoms with Gasteiger partial charge in [0.2, 0.25) is 0 Å². The minimum atomic E-state index is 0.639. The molecule has 17 heavy (non-hydrogen) atoms. The lowest BCUT2D eigenvalue weighted by atomic mass is 9.96. The van der Waals surface area contributed by atoms with E-state index in [4.69, 9.17) is 0 Å². The Kier molecular flexibility index (Phi) is 2.79. The fraction of sp³-hybridized carbons (Fsp3) is 0.176. The zero-order chi connectivity index (χ0) is 11.5. The van der Waals surface area contributed by atoms with Crippen molar-refractivity contribution in [2.75, 3.05) is 0 Å². The summed E-state index contributed by atoms with van der Waals surface area (Å²) in [4.78, 5) is 0. The molecule has 0 radical (unpaired) electrons. The van der Waals surface area contributed by atoms with E-state index in [9.17, 15) is 0 Å². The first-order valence-electron chi connectivity index (χ1n) is 6.25. The summed E-state index contributed by atoms with van der Waals surface area (Å²) in [6, 6.07) is 19.5. The van der Waals surface area contributed by atoms with Crippen LogP contribution in [0.5, 0.6) is 0 Å². The first-order valence-corrected chi connectivity index (χ1v) is 6.25. The summed E-state index contributed by atoms with van der Waals surface area (Å²) >= 11 is 0. The second-order valence-electron chi connectivity index (χ2n) is 4.60. The molecule has 1 atom stereocenters. The van der Waals surface area contributed by atoms with Gasteiger partial charge in [-0.3, -0.25) is 0 Å². The molecule has 0 fully saturated rings. The minimum Gasteiger partial charge on any atom is -0.0879 e. The van der Waals surface area contributed by atoms with Gasteiger partial charge in [-0.05, 0) is 29.5 Å². The summed E-state index contributed by atoms with van der Waals surface area (Å²) < 4.78 is 0. The highest BCUT2D eigenvalue weighted by atomic mass is 14.2. The quantitative estimate of drug-likeness (QED) is 0.638.